The van der Waals surface area contributed by atoms with Crippen LogP contribution in [0.1, 0.15) is 5.56 Å². The fourth-order valence-corrected chi connectivity index (χ4v) is 2.83. The van der Waals surface area contributed by atoms with Gasteiger partial charge in [-0.15, -0.1) is 5.10 Å². The van der Waals surface area contributed by atoms with Gasteiger partial charge in [0.1, 0.15) is 5.84 Å². The standard InChI is InChI=1S/C10H16N6O2S/c1-19(17,18)16-6-4-15(5-7-16)10-8(9(11)12)2-3-13-14-10/h2-3H,4-7H2,1H3,(H3,11,12). The van der Waals surface area contributed by atoms with E-state index in [0.29, 0.717) is 37.6 Å². The van der Waals surface area contributed by atoms with Gasteiger partial charge in [0.25, 0.3) is 0 Å². The van der Waals surface area contributed by atoms with Crippen molar-refractivity contribution >= 4 is 21.7 Å². The number of nitrogens with one attached hydrogen (secondary N) is 1. The zero-order chi connectivity index (χ0) is 14.0. The molecule has 0 saturated carbocycles. The molecule has 19 heavy (non-hydrogen) atoms. The minimum atomic E-state index is -3.15. The number of amidine groups is 1. The van der Waals surface area contributed by atoms with Crippen LogP contribution in [-0.4, -0.2) is 61.2 Å². The third kappa shape index (κ3) is 2.99. The zero-order valence-corrected chi connectivity index (χ0v) is 11.4. The Balaban J connectivity index is 2.16. The zero-order valence-electron chi connectivity index (χ0n) is 10.6. The highest BCUT2D eigenvalue weighted by atomic mass is 32.2. The van der Waals surface area contributed by atoms with Crippen molar-refractivity contribution in [3.8, 4) is 0 Å². The monoisotopic (exact) mass is 284 g/mol. The van der Waals surface area contributed by atoms with E-state index < -0.39 is 10.0 Å². The van der Waals surface area contributed by atoms with Crippen LogP contribution in [-0.2, 0) is 10.0 Å². The molecule has 1 aromatic heterocycles. The van der Waals surface area contributed by atoms with E-state index in [0.717, 1.165) is 0 Å². The van der Waals surface area contributed by atoms with Gasteiger partial charge in [-0.2, -0.15) is 9.40 Å². The third-order valence-electron chi connectivity index (χ3n) is 3.00. The summed E-state index contributed by atoms with van der Waals surface area (Å²) in [5.41, 5.74) is 6.02. The molecule has 0 aromatic carbocycles. The number of anilines is 1. The lowest BCUT2D eigenvalue weighted by atomic mass is 10.2. The van der Waals surface area contributed by atoms with E-state index in [4.69, 9.17) is 11.1 Å². The maximum atomic E-state index is 11.4. The van der Waals surface area contributed by atoms with Gasteiger partial charge < -0.3 is 10.6 Å². The van der Waals surface area contributed by atoms with Crippen LogP contribution in [0.15, 0.2) is 12.3 Å². The Labute approximate surface area is 111 Å². The Bertz CT molecular complexity index is 579. The van der Waals surface area contributed by atoms with E-state index in [-0.39, 0.29) is 5.84 Å². The van der Waals surface area contributed by atoms with Crippen LogP contribution >= 0.6 is 0 Å². The summed E-state index contributed by atoms with van der Waals surface area (Å²) in [6, 6.07) is 1.63. The number of rotatable bonds is 3. The quantitative estimate of drug-likeness (QED) is 0.534. The first-order valence-corrected chi connectivity index (χ1v) is 7.60. The van der Waals surface area contributed by atoms with Gasteiger partial charge in [0.15, 0.2) is 5.82 Å². The summed E-state index contributed by atoms with van der Waals surface area (Å²) in [5.74, 6) is 0.457. The lowest BCUT2D eigenvalue weighted by Gasteiger charge is -2.34. The molecule has 0 bridgehead atoms. The summed E-state index contributed by atoms with van der Waals surface area (Å²) >= 11 is 0. The second-order valence-electron chi connectivity index (χ2n) is 4.33. The molecule has 1 aliphatic heterocycles. The van der Waals surface area contributed by atoms with Crippen LogP contribution in [0.2, 0.25) is 0 Å². The molecule has 9 heteroatoms. The summed E-state index contributed by atoms with van der Waals surface area (Å²) in [6.07, 6.45) is 2.68. The molecule has 0 atom stereocenters. The number of aromatic nitrogens is 2. The Kier molecular flexibility index (Phi) is 3.67. The molecule has 2 rings (SSSR count). The van der Waals surface area contributed by atoms with Crippen LogP contribution in [0.4, 0.5) is 5.82 Å². The minimum Gasteiger partial charge on any atom is -0.384 e. The number of sulfonamides is 1. The Morgan fingerprint density at radius 3 is 2.53 bits per heavy atom. The number of nitrogen functional groups attached to an aromatic ring is 1. The molecule has 0 amide bonds. The van der Waals surface area contributed by atoms with Gasteiger partial charge in [0, 0.05) is 26.2 Å². The first-order chi connectivity index (χ1) is 8.89. The largest absolute Gasteiger partial charge is 0.384 e. The summed E-state index contributed by atoms with van der Waals surface area (Å²) in [6.45, 7) is 1.80. The van der Waals surface area contributed by atoms with Crippen LogP contribution in [0.25, 0.3) is 0 Å². The number of hydrogen-bond donors (Lipinski definition) is 2. The van der Waals surface area contributed by atoms with Gasteiger partial charge in [-0.05, 0) is 6.07 Å². The van der Waals surface area contributed by atoms with Gasteiger partial charge in [-0.3, -0.25) is 5.41 Å². The van der Waals surface area contributed by atoms with Crippen molar-refractivity contribution in [2.45, 2.75) is 0 Å². The van der Waals surface area contributed by atoms with Crippen LogP contribution in [0.3, 0.4) is 0 Å². The summed E-state index contributed by atoms with van der Waals surface area (Å²) in [5, 5.41) is 15.3. The Morgan fingerprint density at radius 2 is 2.00 bits per heavy atom. The Morgan fingerprint density at radius 1 is 1.37 bits per heavy atom. The molecule has 1 aromatic rings. The molecule has 2 heterocycles. The molecular weight excluding hydrogens is 268 g/mol. The second kappa shape index (κ2) is 5.10. The number of nitrogens with two attached hydrogens (primary N) is 1. The lowest BCUT2D eigenvalue weighted by molar-refractivity contribution is 0.386. The predicted octanol–water partition coefficient (Wildman–Crippen LogP) is -1.16. The molecule has 0 radical (unpaired) electrons. The molecule has 1 aliphatic rings. The maximum Gasteiger partial charge on any atom is 0.211 e. The van der Waals surface area contributed by atoms with E-state index in [1.165, 1.54) is 16.8 Å². The fraction of sp³-hybridized carbons (Fsp3) is 0.500. The number of piperazine rings is 1. The number of nitrogens with zero attached hydrogens (tertiary/aromatic N) is 4. The SMILES string of the molecule is CS(=O)(=O)N1CCN(c2nnccc2C(=N)N)CC1. The average molecular weight is 284 g/mol. The molecule has 8 nitrogen and oxygen atoms in total. The second-order valence-corrected chi connectivity index (χ2v) is 6.31. The highest BCUT2D eigenvalue weighted by molar-refractivity contribution is 7.88. The van der Waals surface area contributed by atoms with Crippen molar-refractivity contribution in [3.63, 3.8) is 0 Å². The van der Waals surface area contributed by atoms with Gasteiger partial charge in [-0.25, -0.2) is 8.42 Å². The molecule has 0 unspecified atom stereocenters. The summed E-state index contributed by atoms with van der Waals surface area (Å²) < 4.78 is 24.3. The van der Waals surface area contributed by atoms with E-state index >= 15 is 0 Å². The maximum absolute atomic E-state index is 11.4. The molecule has 0 aliphatic carbocycles. The summed E-state index contributed by atoms with van der Waals surface area (Å²) in [4.78, 5) is 1.89. The van der Waals surface area contributed by atoms with Gasteiger partial charge in [-0.1, -0.05) is 0 Å². The first-order valence-electron chi connectivity index (χ1n) is 5.76. The molecule has 1 saturated heterocycles. The van der Waals surface area contributed by atoms with Gasteiger partial charge in [0.05, 0.1) is 18.0 Å². The molecule has 0 spiro atoms. The topological polar surface area (TPSA) is 116 Å². The van der Waals surface area contributed by atoms with Crippen molar-refractivity contribution in [1.82, 2.24) is 14.5 Å². The van der Waals surface area contributed by atoms with Crippen molar-refractivity contribution in [3.05, 3.63) is 17.8 Å². The van der Waals surface area contributed by atoms with E-state index in [1.54, 1.807) is 6.07 Å². The third-order valence-corrected chi connectivity index (χ3v) is 4.30. The highest BCUT2D eigenvalue weighted by Crippen LogP contribution is 2.18. The normalized spacial score (nSPS) is 17.4. The molecule has 3 N–H and O–H groups in total. The molecular formula is C10H16N6O2S. The highest BCUT2D eigenvalue weighted by Gasteiger charge is 2.25. The van der Waals surface area contributed by atoms with Crippen LogP contribution in [0.5, 0.6) is 0 Å². The average Bonchev–Trinajstić information content (AvgIpc) is 2.38. The number of hydrogen-bond acceptors (Lipinski definition) is 6. The van der Waals surface area contributed by atoms with E-state index in [9.17, 15) is 8.42 Å². The predicted molar refractivity (Wildman–Crippen MR) is 71.7 cm³/mol. The lowest BCUT2D eigenvalue weighted by Crippen LogP contribution is -2.49. The molecule has 1 fully saturated rings. The van der Waals surface area contributed by atoms with Gasteiger partial charge >= 0.3 is 0 Å². The molecule has 104 valence electrons. The van der Waals surface area contributed by atoms with Crippen molar-refractivity contribution < 1.29 is 8.42 Å². The van der Waals surface area contributed by atoms with Crippen molar-refractivity contribution in [2.75, 3.05) is 37.3 Å². The fourth-order valence-electron chi connectivity index (χ4n) is 2.00. The van der Waals surface area contributed by atoms with Crippen molar-refractivity contribution in [1.29, 1.82) is 5.41 Å². The summed E-state index contributed by atoms with van der Waals surface area (Å²) in [7, 11) is -3.15. The van der Waals surface area contributed by atoms with Crippen LogP contribution < -0.4 is 10.6 Å². The van der Waals surface area contributed by atoms with Crippen LogP contribution in [0, 0.1) is 5.41 Å². The van der Waals surface area contributed by atoms with E-state index in [1.807, 2.05) is 4.90 Å². The Hall–Kier alpha value is -1.74. The smallest absolute Gasteiger partial charge is 0.211 e. The van der Waals surface area contributed by atoms with E-state index in [2.05, 4.69) is 10.2 Å². The van der Waals surface area contributed by atoms with Gasteiger partial charge in [0.2, 0.25) is 10.0 Å². The minimum absolute atomic E-state index is 0.0737. The first kappa shape index (κ1) is 13.7. The van der Waals surface area contributed by atoms with Crippen molar-refractivity contribution in [2.24, 2.45) is 5.73 Å².